The molecule has 0 bridgehead atoms. The summed E-state index contributed by atoms with van der Waals surface area (Å²) in [5, 5.41) is 3.94. The summed E-state index contributed by atoms with van der Waals surface area (Å²) in [4.78, 5) is 16.3. The van der Waals surface area contributed by atoms with Gasteiger partial charge in [0.15, 0.2) is 0 Å². The van der Waals surface area contributed by atoms with Gasteiger partial charge < -0.3 is 11.1 Å². The second kappa shape index (κ2) is 6.29. The van der Waals surface area contributed by atoms with Crippen molar-refractivity contribution in [3.8, 4) is 0 Å². The van der Waals surface area contributed by atoms with E-state index in [4.69, 9.17) is 5.73 Å². The summed E-state index contributed by atoms with van der Waals surface area (Å²) < 4.78 is 0. The maximum absolute atomic E-state index is 12.1. The summed E-state index contributed by atoms with van der Waals surface area (Å²) in [5.41, 5.74) is 7.35. The van der Waals surface area contributed by atoms with Gasteiger partial charge in [0.05, 0.1) is 11.4 Å². The molecule has 1 aromatic carbocycles. The van der Waals surface area contributed by atoms with Gasteiger partial charge in [-0.3, -0.25) is 9.78 Å². The molecule has 4 nitrogen and oxygen atoms in total. The Morgan fingerprint density at radius 2 is 2.26 bits per heavy atom. The second-order valence-electron chi connectivity index (χ2n) is 4.62. The average Bonchev–Trinajstić information content (AvgIpc) is 2.44. The lowest BCUT2D eigenvalue weighted by atomic mass is 10.0. The first-order valence-corrected chi connectivity index (χ1v) is 6.60. The number of hydrogen-bond acceptors (Lipinski definition) is 3. The highest BCUT2D eigenvalue weighted by atomic mass is 16.1. The molecule has 1 aromatic heterocycles. The molecule has 0 aliphatic rings. The molecule has 0 saturated carbocycles. The van der Waals surface area contributed by atoms with E-state index in [9.17, 15) is 4.79 Å². The van der Waals surface area contributed by atoms with Crippen LogP contribution in [0.15, 0.2) is 36.5 Å². The molecule has 1 heterocycles. The van der Waals surface area contributed by atoms with Crippen molar-refractivity contribution in [3.05, 3.63) is 36.5 Å². The van der Waals surface area contributed by atoms with Crippen LogP contribution in [-0.4, -0.2) is 17.4 Å². The highest BCUT2D eigenvalue weighted by Gasteiger charge is 2.15. The molecule has 3 N–H and O–H groups in total. The van der Waals surface area contributed by atoms with Crippen LogP contribution < -0.4 is 11.1 Å². The van der Waals surface area contributed by atoms with Gasteiger partial charge in [0, 0.05) is 23.8 Å². The number of nitrogens with one attached hydrogen (secondary N) is 1. The maximum Gasteiger partial charge on any atom is 0.228 e. The average molecular weight is 257 g/mol. The van der Waals surface area contributed by atoms with Crippen LogP contribution in [0.5, 0.6) is 0 Å². The lowest BCUT2D eigenvalue weighted by Crippen LogP contribution is -2.29. The summed E-state index contributed by atoms with van der Waals surface area (Å²) in [6.07, 6.45) is 3.53. The zero-order valence-electron chi connectivity index (χ0n) is 11.1. The standard InChI is InChI=1S/C15H19N3O/c1-2-4-12(10-16)15(19)18-13-6-7-14-11(9-13)5-3-8-17-14/h3,5-9,12H,2,4,10,16H2,1H3,(H,18,19). The Morgan fingerprint density at radius 1 is 1.42 bits per heavy atom. The van der Waals surface area contributed by atoms with E-state index in [1.54, 1.807) is 6.20 Å². The van der Waals surface area contributed by atoms with Crippen molar-refractivity contribution in [2.24, 2.45) is 11.7 Å². The van der Waals surface area contributed by atoms with E-state index in [2.05, 4.69) is 17.2 Å². The molecule has 0 aliphatic heterocycles. The van der Waals surface area contributed by atoms with Crippen molar-refractivity contribution in [3.63, 3.8) is 0 Å². The smallest absolute Gasteiger partial charge is 0.228 e. The van der Waals surface area contributed by atoms with Crippen LogP contribution in [0.3, 0.4) is 0 Å². The van der Waals surface area contributed by atoms with Crippen LogP contribution in [0.4, 0.5) is 5.69 Å². The van der Waals surface area contributed by atoms with Gasteiger partial charge in [-0.05, 0) is 30.7 Å². The lowest BCUT2D eigenvalue weighted by molar-refractivity contribution is -0.119. The van der Waals surface area contributed by atoms with Crippen molar-refractivity contribution in [2.45, 2.75) is 19.8 Å². The van der Waals surface area contributed by atoms with Crippen molar-refractivity contribution in [2.75, 3.05) is 11.9 Å². The van der Waals surface area contributed by atoms with Gasteiger partial charge in [-0.25, -0.2) is 0 Å². The van der Waals surface area contributed by atoms with Crippen molar-refractivity contribution < 1.29 is 4.79 Å². The summed E-state index contributed by atoms with van der Waals surface area (Å²) in [6, 6.07) is 9.56. The van der Waals surface area contributed by atoms with Crippen LogP contribution in [0.25, 0.3) is 10.9 Å². The van der Waals surface area contributed by atoms with E-state index in [-0.39, 0.29) is 11.8 Å². The number of aromatic nitrogens is 1. The molecule has 2 aromatic rings. The van der Waals surface area contributed by atoms with E-state index in [1.165, 1.54) is 0 Å². The van der Waals surface area contributed by atoms with Gasteiger partial charge in [-0.1, -0.05) is 19.4 Å². The predicted octanol–water partition coefficient (Wildman–Crippen LogP) is 2.55. The Hall–Kier alpha value is -1.94. The first-order valence-electron chi connectivity index (χ1n) is 6.60. The number of anilines is 1. The van der Waals surface area contributed by atoms with E-state index in [0.29, 0.717) is 6.54 Å². The molecule has 0 radical (unpaired) electrons. The summed E-state index contributed by atoms with van der Waals surface area (Å²) in [5.74, 6) is -0.123. The fraction of sp³-hybridized carbons (Fsp3) is 0.333. The quantitative estimate of drug-likeness (QED) is 0.865. The monoisotopic (exact) mass is 257 g/mol. The summed E-state index contributed by atoms with van der Waals surface area (Å²) in [7, 11) is 0. The summed E-state index contributed by atoms with van der Waals surface area (Å²) >= 11 is 0. The predicted molar refractivity (Wildman–Crippen MR) is 77.8 cm³/mol. The number of hydrogen-bond donors (Lipinski definition) is 2. The van der Waals surface area contributed by atoms with Crippen LogP contribution in [-0.2, 0) is 4.79 Å². The van der Waals surface area contributed by atoms with Gasteiger partial charge in [0.2, 0.25) is 5.91 Å². The minimum absolute atomic E-state index is 0.00686. The van der Waals surface area contributed by atoms with Gasteiger partial charge >= 0.3 is 0 Å². The molecule has 1 atom stereocenters. The molecule has 1 unspecified atom stereocenters. The number of fused-ring (bicyclic) bond motifs is 1. The molecule has 2 rings (SSSR count). The SMILES string of the molecule is CCCC(CN)C(=O)Nc1ccc2ncccc2c1. The first-order chi connectivity index (χ1) is 9.24. The fourth-order valence-corrected chi connectivity index (χ4v) is 2.10. The zero-order chi connectivity index (χ0) is 13.7. The van der Waals surface area contributed by atoms with Crippen LogP contribution >= 0.6 is 0 Å². The van der Waals surface area contributed by atoms with Crippen LogP contribution in [0.1, 0.15) is 19.8 Å². The molecule has 19 heavy (non-hydrogen) atoms. The van der Waals surface area contributed by atoms with Gasteiger partial charge in [0.25, 0.3) is 0 Å². The van der Waals surface area contributed by atoms with E-state index in [1.807, 2.05) is 30.3 Å². The van der Waals surface area contributed by atoms with E-state index >= 15 is 0 Å². The topological polar surface area (TPSA) is 68.0 Å². The largest absolute Gasteiger partial charge is 0.330 e. The number of amides is 1. The molecule has 4 heteroatoms. The maximum atomic E-state index is 12.1. The Morgan fingerprint density at radius 3 is 3.00 bits per heavy atom. The molecule has 0 aliphatic carbocycles. The minimum Gasteiger partial charge on any atom is -0.330 e. The highest BCUT2D eigenvalue weighted by Crippen LogP contribution is 2.18. The number of nitrogens with zero attached hydrogens (tertiary/aromatic N) is 1. The van der Waals surface area contributed by atoms with Gasteiger partial charge in [-0.2, -0.15) is 0 Å². The normalized spacial score (nSPS) is 12.3. The van der Waals surface area contributed by atoms with Crippen LogP contribution in [0.2, 0.25) is 0 Å². The molecule has 1 amide bonds. The molecule has 0 spiro atoms. The number of pyridine rings is 1. The molecule has 0 fully saturated rings. The van der Waals surface area contributed by atoms with Crippen molar-refractivity contribution in [1.82, 2.24) is 4.98 Å². The van der Waals surface area contributed by atoms with Crippen molar-refractivity contribution in [1.29, 1.82) is 0 Å². The molecule has 0 saturated heterocycles. The Bertz CT molecular complexity index is 568. The van der Waals surface area contributed by atoms with Crippen LogP contribution in [0, 0.1) is 5.92 Å². The third-order valence-electron chi connectivity index (χ3n) is 3.16. The fourth-order valence-electron chi connectivity index (χ4n) is 2.10. The highest BCUT2D eigenvalue weighted by molar-refractivity contribution is 5.95. The first kappa shape index (κ1) is 13.5. The molecule has 100 valence electrons. The lowest BCUT2D eigenvalue weighted by Gasteiger charge is -2.14. The van der Waals surface area contributed by atoms with Gasteiger partial charge in [-0.15, -0.1) is 0 Å². The van der Waals surface area contributed by atoms with Gasteiger partial charge in [0.1, 0.15) is 0 Å². The van der Waals surface area contributed by atoms with E-state index < -0.39 is 0 Å². The zero-order valence-corrected chi connectivity index (χ0v) is 11.1. The number of benzene rings is 1. The van der Waals surface area contributed by atoms with E-state index in [0.717, 1.165) is 29.4 Å². The number of nitrogens with two attached hydrogens (primary N) is 1. The third-order valence-corrected chi connectivity index (χ3v) is 3.16. The Balaban J connectivity index is 2.14. The summed E-state index contributed by atoms with van der Waals surface area (Å²) in [6.45, 7) is 2.44. The third kappa shape index (κ3) is 3.29. The Labute approximate surface area is 113 Å². The minimum atomic E-state index is -0.116. The molecular weight excluding hydrogens is 238 g/mol. The second-order valence-corrected chi connectivity index (χ2v) is 4.62. The Kier molecular flexibility index (Phi) is 4.47. The number of carbonyl (C=O) groups excluding carboxylic acids is 1. The molecular formula is C15H19N3O. The number of carbonyl (C=O) groups is 1. The number of rotatable bonds is 5. The van der Waals surface area contributed by atoms with Crippen molar-refractivity contribution >= 4 is 22.5 Å².